The number of carbonyl (C=O) groups excluding carboxylic acids is 1. The summed E-state index contributed by atoms with van der Waals surface area (Å²) in [6, 6.07) is 11.0. The minimum absolute atomic E-state index is 0. The highest BCUT2D eigenvalue weighted by Crippen LogP contribution is 2.45. The molecule has 1 amide bonds. The fourth-order valence-corrected chi connectivity index (χ4v) is 4.57. The maximum Gasteiger partial charge on any atom is 0.223 e. The third-order valence-electron chi connectivity index (χ3n) is 5.97. The molecular formula is C20H33Cl2N3O. The molecule has 2 N–H and O–H groups in total. The fraction of sp³-hybridized carbons (Fsp3) is 0.650. The standard InChI is InChI=1S/C20H31N3O.2ClH/c1-2-22-15-18(17-6-4-3-5-7-17)14-20(16-22)9-12-23(13-10-20)19(24)8-11-21;;/h3-7,18H,2,8-16,21H2,1H3;2*1H. The molecule has 1 aromatic rings. The van der Waals surface area contributed by atoms with Gasteiger partial charge >= 0.3 is 0 Å². The van der Waals surface area contributed by atoms with E-state index in [1.807, 2.05) is 4.90 Å². The second kappa shape index (κ2) is 10.5. The molecule has 0 saturated carbocycles. The van der Waals surface area contributed by atoms with Gasteiger partial charge in [0.05, 0.1) is 0 Å². The van der Waals surface area contributed by atoms with Crippen molar-refractivity contribution >= 4 is 30.7 Å². The highest BCUT2D eigenvalue weighted by Gasteiger charge is 2.42. The van der Waals surface area contributed by atoms with Gasteiger partial charge in [0.2, 0.25) is 5.91 Å². The van der Waals surface area contributed by atoms with E-state index in [1.54, 1.807) is 0 Å². The summed E-state index contributed by atoms with van der Waals surface area (Å²) in [5.41, 5.74) is 7.38. The molecular weight excluding hydrogens is 369 g/mol. The molecule has 2 heterocycles. The average Bonchev–Trinajstić information content (AvgIpc) is 2.63. The molecule has 0 aromatic heterocycles. The van der Waals surface area contributed by atoms with Crippen LogP contribution in [0.1, 0.15) is 44.1 Å². The summed E-state index contributed by atoms with van der Waals surface area (Å²) in [7, 11) is 0. The molecule has 26 heavy (non-hydrogen) atoms. The Balaban J connectivity index is 0.00000169. The van der Waals surface area contributed by atoms with E-state index in [-0.39, 0.29) is 30.7 Å². The molecule has 1 atom stereocenters. The molecule has 1 unspecified atom stereocenters. The summed E-state index contributed by atoms with van der Waals surface area (Å²) in [5, 5.41) is 0. The molecule has 4 nitrogen and oxygen atoms in total. The van der Waals surface area contributed by atoms with Gasteiger partial charge < -0.3 is 15.5 Å². The number of hydrogen-bond donors (Lipinski definition) is 1. The number of piperidine rings is 2. The van der Waals surface area contributed by atoms with Crippen LogP contribution in [0, 0.1) is 5.41 Å². The lowest BCUT2D eigenvalue weighted by atomic mass is 9.68. The normalized spacial score (nSPS) is 22.4. The first-order valence-electron chi connectivity index (χ1n) is 9.41. The lowest BCUT2D eigenvalue weighted by molar-refractivity contribution is -0.134. The zero-order valence-corrected chi connectivity index (χ0v) is 17.4. The van der Waals surface area contributed by atoms with E-state index in [4.69, 9.17) is 5.73 Å². The number of likely N-dealkylation sites (tertiary alicyclic amines) is 2. The van der Waals surface area contributed by atoms with Crippen molar-refractivity contribution in [3.05, 3.63) is 35.9 Å². The first-order valence-corrected chi connectivity index (χ1v) is 9.41. The lowest BCUT2D eigenvalue weighted by Gasteiger charge is -2.50. The van der Waals surface area contributed by atoms with Crippen LogP contribution in [0.4, 0.5) is 0 Å². The number of hydrogen-bond acceptors (Lipinski definition) is 3. The number of carbonyl (C=O) groups is 1. The van der Waals surface area contributed by atoms with Crippen molar-refractivity contribution in [3.8, 4) is 0 Å². The molecule has 0 radical (unpaired) electrons. The monoisotopic (exact) mass is 401 g/mol. The number of amides is 1. The first-order chi connectivity index (χ1) is 11.7. The quantitative estimate of drug-likeness (QED) is 0.841. The fourth-order valence-electron chi connectivity index (χ4n) is 4.57. The van der Waals surface area contributed by atoms with Crippen molar-refractivity contribution in [2.75, 3.05) is 39.3 Å². The molecule has 3 rings (SSSR count). The number of benzene rings is 1. The van der Waals surface area contributed by atoms with Crippen molar-refractivity contribution in [2.45, 2.75) is 38.5 Å². The van der Waals surface area contributed by atoms with Crippen LogP contribution in [-0.2, 0) is 4.79 Å². The Morgan fingerprint density at radius 3 is 2.42 bits per heavy atom. The molecule has 2 fully saturated rings. The van der Waals surface area contributed by atoms with Crippen LogP contribution in [0.15, 0.2) is 30.3 Å². The van der Waals surface area contributed by atoms with E-state index in [9.17, 15) is 4.79 Å². The molecule has 1 spiro atoms. The maximum absolute atomic E-state index is 12.1. The summed E-state index contributed by atoms with van der Waals surface area (Å²) in [6.07, 6.45) is 4.00. The Bertz CT molecular complexity index is 547. The van der Waals surface area contributed by atoms with Gasteiger partial charge in [-0.2, -0.15) is 0 Å². The zero-order valence-electron chi connectivity index (χ0n) is 15.7. The van der Waals surface area contributed by atoms with Gasteiger partial charge in [0.25, 0.3) is 0 Å². The van der Waals surface area contributed by atoms with Gasteiger partial charge in [-0.15, -0.1) is 24.8 Å². The second-order valence-electron chi connectivity index (χ2n) is 7.56. The Hall–Kier alpha value is -0.810. The van der Waals surface area contributed by atoms with E-state index in [0.717, 1.165) is 39.0 Å². The third-order valence-corrected chi connectivity index (χ3v) is 5.97. The van der Waals surface area contributed by atoms with Crippen molar-refractivity contribution in [2.24, 2.45) is 11.1 Å². The highest BCUT2D eigenvalue weighted by atomic mass is 35.5. The van der Waals surface area contributed by atoms with Crippen molar-refractivity contribution in [1.82, 2.24) is 9.80 Å². The topological polar surface area (TPSA) is 49.6 Å². The molecule has 148 valence electrons. The molecule has 0 bridgehead atoms. The number of likely N-dealkylation sites (N-methyl/N-ethyl adjacent to an activating group) is 1. The van der Waals surface area contributed by atoms with Gasteiger partial charge in [0, 0.05) is 39.1 Å². The SMILES string of the molecule is CCN1CC(c2ccccc2)CC2(CCN(C(=O)CCN)CC2)C1.Cl.Cl. The number of halogens is 2. The van der Waals surface area contributed by atoms with Gasteiger partial charge in [0.1, 0.15) is 0 Å². The van der Waals surface area contributed by atoms with Crippen LogP contribution in [0.2, 0.25) is 0 Å². The van der Waals surface area contributed by atoms with Gasteiger partial charge in [0.15, 0.2) is 0 Å². The Labute approximate surface area is 170 Å². The molecule has 2 aliphatic heterocycles. The summed E-state index contributed by atoms with van der Waals surface area (Å²) in [6.45, 7) is 7.99. The van der Waals surface area contributed by atoms with E-state index in [0.29, 0.717) is 24.3 Å². The number of nitrogens with zero attached hydrogens (tertiary/aromatic N) is 2. The van der Waals surface area contributed by atoms with E-state index in [1.165, 1.54) is 18.5 Å². The van der Waals surface area contributed by atoms with Crippen LogP contribution in [0.5, 0.6) is 0 Å². The van der Waals surface area contributed by atoms with E-state index in [2.05, 4.69) is 42.2 Å². The Morgan fingerprint density at radius 1 is 1.19 bits per heavy atom. The molecule has 0 aliphatic carbocycles. The van der Waals surface area contributed by atoms with Crippen molar-refractivity contribution < 1.29 is 4.79 Å². The van der Waals surface area contributed by atoms with Gasteiger partial charge in [-0.05, 0) is 42.7 Å². The highest BCUT2D eigenvalue weighted by molar-refractivity contribution is 5.85. The molecule has 6 heteroatoms. The maximum atomic E-state index is 12.1. The van der Waals surface area contributed by atoms with Crippen LogP contribution in [0.3, 0.4) is 0 Å². The number of rotatable bonds is 4. The summed E-state index contributed by atoms with van der Waals surface area (Å²) in [4.78, 5) is 16.7. The van der Waals surface area contributed by atoms with Crippen LogP contribution >= 0.6 is 24.8 Å². The van der Waals surface area contributed by atoms with Crippen molar-refractivity contribution in [1.29, 1.82) is 0 Å². The molecule has 1 aromatic carbocycles. The average molecular weight is 402 g/mol. The smallest absolute Gasteiger partial charge is 0.223 e. The van der Waals surface area contributed by atoms with Crippen molar-refractivity contribution in [3.63, 3.8) is 0 Å². The summed E-state index contributed by atoms with van der Waals surface area (Å²) >= 11 is 0. The van der Waals surface area contributed by atoms with Gasteiger partial charge in [-0.1, -0.05) is 37.3 Å². The minimum atomic E-state index is 0. The second-order valence-corrected chi connectivity index (χ2v) is 7.56. The number of nitrogens with two attached hydrogens (primary N) is 1. The van der Waals surface area contributed by atoms with Crippen LogP contribution < -0.4 is 5.73 Å². The Morgan fingerprint density at radius 2 is 1.85 bits per heavy atom. The van der Waals surface area contributed by atoms with Gasteiger partial charge in [-0.3, -0.25) is 4.79 Å². The minimum Gasteiger partial charge on any atom is -0.343 e. The largest absolute Gasteiger partial charge is 0.343 e. The molecule has 2 saturated heterocycles. The third kappa shape index (κ3) is 5.35. The Kier molecular flexibility index (Phi) is 9.39. The lowest BCUT2D eigenvalue weighted by Crippen LogP contribution is -2.52. The summed E-state index contributed by atoms with van der Waals surface area (Å²) < 4.78 is 0. The van der Waals surface area contributed by atoms with E-state index < -0.39 is 0 Å². The zero-order chi connectivity index (χ0) is 17.0. The predicted molar refractivity (Wildman–Crippen MR) is 112 cm³/mol. The first kappa shape index (κ1) is 23.2. The molecule has 2 aliphatic rings. The van der Waals surface area contributed by atoms with Gasteiger partial charge in [-0.25, -0.2) is 0 Å². The van der Waals surface area contributed by atoms with Crippen LogP contribution in [0.25, 0.3) is 0 Å². The van der Waals surface area contributed by atoms with Crippen LogP contribution in [-0.4, -0.2) is 55.0 Å². The summed E-state index contributed by atoms with van der Waals surface area (Å²) in [5.74, 6) is 0.848. The van der Waals surface area contributed by atoms with E-state index >= 15 is 0 Å². The predicted octanol–water partition coefficient (Wildman–Crippen LogP) is 3.30.